The van der Waals surface area contributed by atoms with E-state index >= 15 is 0 Å². The Morgan fingerprint density at radius 1 is 1.45 bits per heavy atom. The zero-order valence-corrected chi connectivity index (χ0v) is 7.68. The molecule has 0 amide bonds. The van der Waals surface area contributed by atoms with Gasteiger partial charge in [-0.15, -0.1) is 0 Å². The van der Waals surface area contributed by atoms with E-state index in [4.69, 9.17) is 4.74 Å². The molecule has 1 rings (SSSR count). The third-order valence-electron chi connectivity index (χ3n) is 2.56. The highest BCUT2D eigenvalue weighted by atomic mass is 16.5. The van der Waals surface area contributed by atoms with Crippen LogP contribution in [-0.2, 0) is 4.74 Å². The van der Waals surface area contributed by atoms with Gasteiger partial charge >= 0.3 is 0 Å². The van der Waals surface area contributed by atoms with Gasteiger partial charge < -0.3 is 9.64 Å². The fourth-order valence-electron chi connectivity index (χ4n) is 1.47. The van der Waals surface area contributed by atoms with E-state index in [1.165, 1.54) is 32.2 Å². The number of ether oxygens (including phenoxy) is 1. The van der Waals surface area contributed by atoms with E-state index in [2.05, 4.69) is 11.9 Å². The van der Waals surface area contributed by atoms with Crippen molar-refractivity contribution in [3.8, 4) is 0 Å². The lowest BCUT2D eigenvalue weighted by Gasteiger charge is -2.34. The molecule has 1 fully saturated rings. The molecule has 0 saturated heterocycles. The van der Waals surface area contributed by atoms with Crippen LogP contribution in [-0.4, -0.2) is 38.3 Å². The minimum atomic E-state index is 0.881. The molecule has 1 aliphatic rings. The summed E-state index contributed by atoms with van der Waals surface area (Å²) in [5.74, 6) is 0. The second kappa shape index (κ2) is 4.73. The second-order valence-electron chi connectivity index (χ2n) is 3.41. The van der Waals surface area contributed by atoms with Crippen molar-refractivity contribution in [3.05, 3.63) is 0 Å². The first-order chi connectivity index (χ1) is 5.34. The third kappa shape index (κ3) is 2.80. The number of rotatable bonds is 5. The van der Waals surface area contributed by atoms with Crippen LogP contribution < -0.4 is 0 Å². The van der Waals surface area contributed by atoms with Crippen LogP contribution >= 0.6 is 0 Å². The molecular formula is C9H19NO. The summed E-state index contributed by atoms with van der Waals surface area (Å²) in [6, 6.07) is 0.881. The molecule has 0 aromatic carbocycles. The Balaban J connectivity index is 1.96. The lowest BCUT2D eigenvalue weighted by atomic mass is 9.92. The van der Waals surface area contributed by atoms with Crippen LogP contribution in [0, 0.1) is 0 Å². The van der Waals surface area contributed by atoms with Crippen LogP contribution in [0.5, 0.6) is 0 Å². The molecular weight excluding hydrogens is 138 g/mol. The Morgan fingerprint density at radius 3 is 2.64 bits per heavy atom. The molecule has 0 spiro atoms. The van der Waals surface area contributed by atoms with Crippen molar-refractivity contribution in [1.82, 2.24) is 4.90 Å². The zero-order valence-electron chi connectivity index (χ0n) is 7.68. The lowest BCUT2D eigenvalue weighted by Crippen LogP contribution is -2.37. The summed E-state index contributed by atoms with van der Waals surface area (Å²) in [6.45, 7) is 2.09. The Bertz CT molecular complexity index is 102. The molecule has 2 heteroatoms. The van der Waals surface area contributed by atoms with Crippen molar-refractivity contribution in [2.24, 2.45) is 0 Å². The van der Waals surface area contributed by atoms with E-state index in [1.807, 2.05) is 0 Å². The molecule has 11 heavy (non-hydrogen) atoms. The lowest BCUT2D eigenvalue weighted by molar-refractivity contribution is 0.132. The smallest absolute Gasteiger partial charge is 0.0474 e. The van der Waals surface area contributed by atoms with Gasteiger partial charge in [0.15, 0.2) is 0 Å². The summed E-state index contributed by atoms with van der Waals surface area (Å²) in [4.78, 5) is 2.46. The fourth-order valence-corrected chi connectivity index (χ4v) is 1.47. The second-order valence-corrected chi connectivity index (χ2v) is 3.41. The van der Waals surface area contributed by atoms with E-state index < -0.39 is 0 Å². The van der Waals surface area contributed by atoms with E-state index in [0.717, 1.165) is 12.6 Å². The molecule has 0 aromatic heterocycles. The highest BCUT2D eigenvalue weighted by Gasteiger charge is 2.20. The molecule has 1 saturated carbocycles. The molecule has 66 valence electrons. The standard InChI is InChI=1S/C9H19NO/c1-10(7-4-8-11-2)9-5-3-6-9/h9H,3-8H2,1-2H3. The Morgan fingerprint density at radius 2 is 2.18 bits per heavy atom. The quantitative estimate of drug-likeness (QED) is 0.561. The van der Waals surface area contributed by atoms with E-state index in [-0.39, 0.29) is 0 Å². The van der Waals surface area contributed by atoms with E-state index in [0.29, 0.717) is 0 Å². The molecule has 0 unspecified atom stereocenters. The van der Waals surface area contributed by atoms with Gasteiger partial charge in [0.25, 0.3) is 0 Å². The highest BCUT2D eigenvalue weighted by Crippen LogP contribution is 2.23. The summed E-state index contributed by atoms with van der Waals surface area (Å²) in [5, 5.41) is 0. The first-order valence-electron chi connectivity index (χ1n) is 4.54. The van der Waals surface area contributed by atoms with Gasteiger partial charge in [-0.2, -0.15) is 0 Å². The molecule has 0 N–H and O–H groups in total. The van der Waals surface area contributed by atoms with Crippen molar-refractivity contribution >= 4 is 0 Å². The zero-order chi connectivity index (χ0) is 8.10. The van der Waals surface area contributed by atoms with Crippen LogP contribution in [0.2, 0.25) is 0 Å². The molecule has 2 nitrogen and oxygen atoms in total. The number of nitrogens with zero attached hydrogens (tertiary/aromatic N) is 1. The predicted octanol–water partition coefficient (Wildman–Crippen LogP) is 1.51. The van der Waals surface area contributed by atoms with Crippen molar-refractivity contribution in [2.75, 3.05) is 27.3 Å². The van der Waals surface area contributed by atoms with Gasteiger partial charge in [-0.1, -0.05) is 6.42 Å². The van der Waals surface area contributed by atoms with Crippen LogP contribution in [0.15, 0.2) is 0 Å². The van der Waals surface area contributed by atoms with Crippen molar-refractivity contribution in [2.45, 2.75) is 31.7 Å². The van der Waals surface area contributed by atoms with Crippen molar-refractivity contribution in [3.63, 3.8) is 0 Å². The maximum Gasteiger partial charge on any atom is 0.0474 e. The first kappa shape index (κ1) is 9.01. The molecule has 0 heterocycles. The van der Waals surface area contributed by atoms with E-state index in [1.54, 1.807) is 7.11 Å². The predicted molar refractivity (Wildman–Crippen MR) is 46.8 cm³/mol. The molecule has 1 aliphatic carbocycles. The third-order valence-corrected chi connectivity index (χ3v) is 2.56. The van der Waals surface area contributed by atoms with Crippen LogP contribution in [0.3, 0.4) is 0 Å². The van der Waals surface area contributed by atoms with Gasteiger partial charge in [0.05, 0.1) is 0 Å². The average Bonchev–Trinajstić information content (AvgIpc) is 1.84. The molecule has 0 aliphatic heterocycles. The van der Waals surface area contributed by atoms with Crippen LogP contribution in [0.25, 0.3) is 0 Å². The van der Waals surface area contributed by atoms with Crippen LogP contribution in [0.4, 0.5) is 0 Å². The number of methoxy groups -OCH3 is 1. The summed E-state index contributed by atoms with van der Waals surface area (Å²) in [6.07, 6.45) is 5.41. The molecule has 0 atom stereocenters. The maximum atomic E-state index is 5.00. The molecule has 0 radical (unpaired) electrons. The summed E-state index contributed by atoms with van der Waals surface area (Å²) in [5.41, 5.74) is 0. The largest absolute Gasteiger partial charge is 0.385 e. The summed E-state index contributed by atoms with van der Waals surface area (Å²) < 4.78 is 5.00. The molecule has 0 bridgehead atoms. The Kier molecular flexibility index (Phi) is 3.87. The number of hydrogen-bond donors (Lipinski definition) is 0. The minimum Gasteiger partial charge on any atom is -0.385 e. The monoisotopic (exact) mass is 157 g/mol. The normalized spacial score (nSPS) is 18.8. The maximum absolute atomic E-state index is 5.00. The van der Waals surface area contributed by atoms with E-state index in [9.17, 15) is 0 Å². The Labute approximate surface area is 69.5 Å². The summed E-state index contributed by atoms with van der Waals surface area (Å²) >= 11 is 0. The van der Waals surface area contributed by atoms with Crippen molar-refractivity contribution < 1.29 is 4.74 Å². The van der Waals surface area contributed by atoms with Gasteiger partial charge in [-0.05, 0) is 26.3 Å². The average molecular weight is 157 g/mol. The Hall–Kier alpha value is -0.0800. The van der Waals surface area contributed by atoms with Gasteiger partial charge in [-0.3, -0.25) is 0 Å². The van der Waals surface area contributed by atoms with Gasteiger partial charge in [0.1, 0.15) is 0 Å². The highest BCUT2D eigenvalue weighted by molar-refractivity contribution is 4.77. The topological polar surface area (TPSA) is 12.5 Å². The first-order valence-corrected chi connectivity index (χ1v) is 4.54. The van der Waals surface area contributed by atoms with Gasteiger partial charge in [-0.25, -0.2) is 0 Å². The fraction of sp³-hybridized carbons (Fsp3) is 1.00. The number of hydrogen-bond acceptors (Lipinski definition) is 2. The van der Waals surface area contributed by atoms with Crippen LogP contribution in [0.1, 0.15) is 25.7 Å². The molecule has 0 aromatic rings. The summed E-state index contributed by atoms with van der Waals surface area (Å²) in [7, 11) is 3.99. The van der Waals surface area contributed by atoms with Gasteiger partial charge in [0.2, 0.25) is 0 Å². The van der Waals surface area contributed by atoms with Gasteiger partial charge in [0, 0.05) is 26.3 Å². The SMILES string of the molecule is COCCCN(C)C1CCC1. The van der Waals surface area contributed by atoms with Crippen molar-refractivity contribution in [1.29, 1.82) is 0 Å². The minimum absolute atomic E-state index is 0.881.